The third-order valence-electron chi connectivity index (χ3n) is 4.03. The molecule has 124 valence electrons. The SMILES string of the molecule is CC(NCC=CC#CC(C)(C)C(N)=O)c1cccc2ccccc12. The molecule has 0 radical (unpaired) electrons. The predicted molar refractivity (Wildman–Crippen MR) is 100 cm³/mol. The second-order valence-electron chi connectivity index (χ2n) is 6.36. The largest absolute Gasteiger partial charge is 0.368 e. The molecule has 1 unspecified atom stereocenters. The Morgan fingerprint density at radius 1 is 1.25 bits per heavy atom. The van der Waals surface area contributed by atoms with Crippen molar-refractivity contribution < 1.29 is 4.79 Å². The highest BCUT2D eigenvalue weighted by Crippen LogP contribution is 2.23. The molecule has 0 fully saturated rings. The van der Waals surface area contributed by atoms with Crippen LogP contribution in [-0.2, 0) is 4.79 Å². The molecule has 3 nitrogen and oxygen atoms in total. The van der Waals surface area contributed by atoms with E-state index in [0.717, 1.165) is 0 Å². The van der Waals surface area contributed by atoms with Crippen LogP contribution in [0.5, 0.6) is 0 Å². The van der Waals surface area contributed by atoms with Gasteiger partial charge < -0.3 is 11.1 Å². The topological polar surface area (TPSA) is 55.1 Å². The van der Waals surface area contributed by atoms with Crippen LogP contribution in [0.4, 0.5) is 0 Å². The third-order valence-corrected chi connectivity index (χ3v) is 4.03. The van der Waals surface area contributed by atoms with Crippen LogP contribution in [-0.4, -0.2) is 12.5 Å². The fourth-order valence-electron chi connectivity index (χ4n) is 2.38. The van der Waals surface area contributed by atoms with Gasteiger partial charge in [0.1, 0.15) is 5.41 Å². The van der Waals surface area contributed by atoms with Gasteiger partial charge in [-0.25, -0.2) is 0 Å². The van der Waals surface area contributed by atoms with Gasteiger partial charge in [0.2, 0.25) is 5.91 Å². The smallest absolute Gasteiger partial charge is 0.235 e. The van der Waals surface area contributed by atoms with E-state index in [1.54, 1.807) is 19.9 Å². The average molecular weight is 320 g/mol. The molecule has 0 aliphatic carbocycles. The Kier molecular flexibility index (Phi) is 5.78. The van der Waals surface area contributed by atoms with Crippen LogP contribution in [0.15, 0.2) is 54.6 Å². The van der Waals surface area contributed by atoms with Crippen molar-refractivity contribution in [2.24, 2.45) is 11.1 Å². The summed E-state index contributed by atoms with van der Waals surface area (Å²) in [6, 6.07) is 15.0. The lowest BCUT2D eigenvalue weighted by molar-refractivity contribution is -0.123. The summed E-state index contributed by atoms with van der Waals surface area (Å²) in [4.78, 5) is 11.2. The Morgan fingerprint density at radius 3 is 2.71 bits per heavy atom. The maximum Gasteiger partial charge on any atom is 0.235 e. The molecule has 0 aliphatic heterocycles. The number of fused-ring (bicyclic) bond motifs is 1. The lowest BCUT2D eigenvalue weighted by atomic mass is 9.94. The number of hydrogen-bond acceptors (Lipinski definition) is 2. The lowest BCUT2D eigenvalue weighted by Crippen LogP contribution is -2.29. The minimum absolute atomic E-state index is 0.232. The highest BCUT2D eigenvalue weighted by Gasteiger charge is 2.21. The first-order valence-corrected chi connectivity index (χ1v) is 8.10. The second-order valence-corrected chi connectivity index (χ2v) is 6.36. The van der Waals surface area contributed by atoms with Gasteiger partial charge in [-0.05, 0) is 43.2 Å². The van der Waals surface area contributed by atoms with E-state index in [1.807, 2.05) is 6.08 Å². The molecule has 0 spiro atoms. The van der Waals surface area contributed by atoms with Gasteiger partial charge in [0.15, 0.2) is 0 Å². The Labute approximate surface area is 143 Å². The minimum atomic E-state index is -0.798. The molecule has 2 aromatic carbocycles. The van der Waals surface area contributed by atoms with Gasteiger partial charge in [-0.1, -0.05) is 60.4 Å². The van der Waals surface area contributed by atoms with Crippen molar-refractivity contribution in [1.29, 1.82) is 0 Å². The Morgan fingerprint density at radius 2 is 1.96 bits per heavy atom. The summed E-state index contributed by atoms with van der Waals surface area (Å²) in [7, 11) is 0. The quantitative estimate of drug-likeness (QED) is 0.828. The average Bonchev–Trinajstić information content (AvgIpc) is 2.57. The van der Waals surface area contributed by atoms with E-state index < -0.39 is 11.3 Å². The van der Waals surface area contributed by atoms with Crippen molar-refractivity contribution in [3.63, 3.8) is 0 Å². The number of carbonyl (C=O) groups excluding carboxylic acids is 1. The summed E-state index contributed by atoms with van der Waals surface area (Å²) in [6.07, 6.45) is 3.71. The molecule has 0 saturated carbocycles. The second kappa shape index (κ2) is 7.81. The van der Waals surface area contributed by atoms with Gasteiger partial charge in [-0.15, -0.1) is 0 Å². The van der Waals surface area contributed by atoms with E-state index in [1.165, 1.54) is 16.3 Å². The summed E-state index contributed by atoms with van der Waals surface area (Å²) in [5, 5.41) is 5.98. The third kappa shape index (κ3) is 4.47. The van der Waals surface area contributed by atoms with E-state index in [-0.39, 0.29) is 6.04 Å². The van der Waals surface area contributed by atoms with Crippen LogP contribution in [0, 0.1) is 17.3 Å². The maximum absolute atomic E-state index is 11.2. The summed E-state index contributed by atoms with van der Waals surface area (Å²) in [6.45, 7) is 6.29. The summed E-state index contributed by atoms with van der Waals surface area (Å²) >= 11 is 0. The first-order chi connectivity index (χ1) is 11.4. The summed E-state index contributed by atoms with van der Waals surface area (Å²) in [5.74, 6) is 5.33. The predicted octanol–water partition coefficient (Wildman–Crippen LogP) is 3.56. The monoisotopic (exact) mass is 320 g/mol. The number of nitrogens with one attached hydrogen (secondary N) is 1. The Hall–Kier alpha value is -2.57. The van der Waals surface area contributed by atoms with Gasteiger partial charge in [0.25, 0.3) is 0 Å². The molecule has 0 heterocycles. The van der Waals surface area contributed by atoms with Crippen molar-refractivity contribution in [2.45, 2.75) is 26.8 Å². The number of rotatable bonds is 5. The standard InChI is InChI=1S/C21H24N2O/c1-16(18-13-9-11-17-10-5-6-12-19(17)18)23-15-8-4-7-14-21(2,3)20(22)24/h4-6,8-13,16,23H,15H2,1-3H3,(H2,22,24). The van der Waals surface area contributed by atoms with Crippen molar-refractivity contribution in [2.75, 3.05) is 6.54 Å². The van der Waals surface area contributed by atoms with Crippen LogP contribution in [0.3, 0.4) is 0 Å². The molecule has 2 rings (SSSR count). The van der Waals surface area contributed by atoms with E-state index in [4.69, 9.17) is 5.73 Å². The highest BCUT2D eigenvalue weighted by atomic mass is 16.1. The molecule has 3 heteroatoms. The van der Waals surface area contributed by atoms with Gasteiger partial charge in [0.05, 0.1) is 0 Å². The van der Waals surface area contributed by atoms with Gasteiger partial charge >= 0.3 is 0 Å². The zero-order chi connectivity index (χ0) is 17.6. The van der Waals surface area contributed by atoms with Crippen LogP contribution >= 0.6 is 0 Å². The molecule has 1 atom stereocenters. The number of primary amides is 1. The van der Waals surface area contributed by atoms with Crippen LogP contribution in [0.1, 0.15) is 32.4 Å². The number of benzene rings is 2. The summed E-state index contributed by atoms with van der Waals surface area (Å²) < 4.78 is 0. The molecule has 3 N–H and O–H groups in total. The van der Waals surface area contributed by atoms with Gasteiger partial charge in [0, 0.05) is 12.6 Å². The van der Waals surface area contributed by atoms with Crippen LogP contribution in [0.25, 0.3) is 10.8 Å². The first kappa shape index (κ1) is 17.8. The minimum Gasteiger partial charge on any atom is -0.368 e. The molecule has 0 saturated heterocycles. The van der Waals surface area contributed by atoms with Crippen LogP contribution in [0.2, 0.25) is 0 Å². The van der Waals surface area contributed by atoms with Crippen molar-refractivity contribution in [3.05, 3.63) is 60.2 Å². The first-order valence-electron chi connectivity index (χ1n) is 8.10. The number of hydrogen-bond donors (Lipinski definition) is 2. The summed E-state index contributed by atoms with van der Waals surface area (Å²) in [5.41, 5.74) is 5.77. The number of nitrogens with two attached hydrogens (primary N) is 1. The molecule has 0 aliphatic rings. The fraction of sp³-hybridized carbons (Fsp3) is 0.286. The number of carbonyl (C=O) groups is 1. The molecular weight excluding hydrogens is 296 g/mol. The molecule has 1 amide bonds. The lowest BCUT2D eigenvalue weighted by Gasteiger charge is -2.15. The Balaban J connectivity index is 1.96. The maximum atomic E-state index is 11.2. The zero-order valence-electron chi connectivity index (χ0n) is 14.5. The van der Waals surface area contributed by atoms with Crippen molar-refractivity contribution in [3.8, 4) is 11.8 Å². The van der Waals surface area contributed by atoms with Gasteiger partial charge in [-0.2, -0.15) is 0 Å². The molecule has 0 aromatic heterocycles. The molecule has 0 bridgehead atoms. The van der Waals surface area contributed by atoms with E-state index >= 15 is 0 Å². The van der Waals surface area contributed by atoms with Crippen molar-refractivity contribution >= 4 is 16.7 Å². The number of allylic oxidation sites excluding steroid dienone is 1. The zero-order valence-corrected chi connectivity index (χ0v) is 14.5. The highest BCUT2D eigenvalue weighted by molar-refractivity contribution is 5.86. The number of amides is 1. The molecule has 2 aromatic rings. The van der Waals surface area contributed by atoms with Crippen LogP contribution < -0.4 is 11.1 Å². The van der Waals surface area contributed by atoms with Gasteiger partial charge in [-0.3, -0.25) is 4.79 Å². The van der Waals surface area contributed by atoms with Crippen molar-refractivity contribution in [1.82, 2.24) is 5.32 Å². The van der Waals surface area contributed by atoms with E-state index in [0.29, 0.717) is 6.54 Å². The molecular formula is C21H24N2O. The van der Waals surface area contributed by atoms with E-state index in [9.17, 15) is 4.79 Å². The normalized spacial score (nSPS) is 12.8. The van der Waals surface area contributed by atoms with E-state index in [2.05, 4.69) is 66.5 Å². The molecule has 24 heavy (non-hydrogen) atoms. The Bertz CT molecular complexity index is 804. The fourth-order valence-corrected chi connectivity index (χ4v) is 2.38.